The summed E-state index contributed by atoms with van der Waals surface area (Å²) in [5.41, 5.74) is 0. The molecule has 5 heteroatoms. The van der Waals surface area contributed by atoms with E-state index in [4.69, 9.17) is 0 Å². The van der Waals surface area contributed by atoms with E-state index >= 15 is 0 Å². The third-order valence-corrected chi connectivity index (χ3v) is 3.71. The molecule has 4 nitrogen and oxygen atoms in total. The van der Waals surface area contributed by atoms with Gasteiger partial charge in [0.15, 0.2) is 0 Å². The van der Waals surface area contributed by atoms with Crippen LogP contribution in [0.4, 0.5) is 11.6 Å². The first-order valence-electron chi connectivity index (χ1n) is 6.52. The molecule has 0 spiro atoms. The van der Waals surface area contributed by atoms with Gasteiger partial charge in [0.1, 0.15) is 17.5 Å². The molecule has 2 rings (SSSR count). The predicted molar refractivity (Wildman–Crippen MR) is 82.2 cm³/mol. The molecule has 0 unspecified atom stereocenters. The molecule has 0 aliphatic heterocycles. The molecule has 0 saturated heterocycles. The highest BCUT2D eigenvalue weighted by Crippen LogP contribution is 2.17. The van der Waals surface area contributed by atoms with Crippen LogP contribution in [0.25, 0.3) is 0 Å². The monoisotopic (exact) mass is 276 g/mol. The molecular formula is C14H20N4S. The minimum absolute atomic E-state index is 0.325. The summed E-state index contributed by atoms with van der Waals surface area (Å²) in [7, 11) is 1.88. The van der Waals surface area contributed by atoms with Crippen LogP contribution in [-0.2, 0) is 6.42 Å². The fourth-order valence-corrected chi connectivity index (χ4v) is 2.42. The average Bonchev–Trinajstić information content (AvgIpc) is 2.91. The van der Waals surface area contributed by atoms with Crippen molar-refractivity contribution in [3.63, 3.8) is 0 Å². The minimum Gasteiger partial charge on any atom is -0.373 e. The van der Waals surface area contributed by atoms with Gasteiger partial charge in [0.05, 0.1) is 0 Å². The van der Waals surface area contributed by atoms with Gasteiger partial charge in [-0.25, -0.2) is 9.97 Å². The number of rotatable bonds is 6. The van der Waals surface area contributed by atoms with Gasteiger partial charge in [0, 0.05) is 30.5 Å². The Morgan fingerprint density at radius 1 is 1.26 bits per heavy atom. The Morgan fingerprint density at radius 3 is 2.68 bits per heavy atom. The van der Waals surface area contributed by atoms with Crippen molar-refractivity contribution in [2.75, 3.05) is 24.2 Å². The average molecular weight is 276 g/mol. The molecule has 0 fully saturated rings. The Kier molecular flexibility index (Phi) is 4.74. The SMILES string of the molecule is CNc1cc(NCCc2cccs2)nc(C(C)C)n1. The van der Waals surface area contributed by atoms with Gasteiger partial charge >= 0.3 is 0 Å². The molecule has 0 bridgehead atoms. The molecule has 102 valence electrons. The molecule has 0 aliphatic rings. The van der Waals surface area contributed by atoms with E-state index < -0.39 is 0 Å². The zero-order valence-electron chi connectivity index (χ0n) is 11.6. The topological polar surface area (TPSA) is 49.8 Å². The largest absolute Gasteiger partial charge is 0.373 e. The predicted octanol–water partition coefficient (Wildman–Crippen LogP) is 3.36. The molecule has 0 atom stereocenters. The molecule has 0 aromatic carbocycles. The lowest BCUT2D eigenvalue weighted by atomic mass is 10.2. The van der Waals surface area contributed by atoms with Gasteiger partial charge in [-0.2, -0.15) is 0 Å². The van der Waals surface area contributed by atoms with E-state index in [1.54, 1.807) is 11.3 Å². The van der Waals surface area contributed by atoms with Crippen molar-refractivity contribution >= 4 is 23.0 Å². The van der Waals surface area contributed by atoms with Crippen LogP contribution in [0.1, 0.15) is 30.5 Å². The summed E-state index contributed by atoms with van der Waals surface area (Å²) in [4.78, 5) is 10.4. The van der Waals surface area contributed by atoms with Crippen molar-refractivity contribution in [2.24, 2.45) is 0 Å². The highest BCUT2D eigenvalue weighted by Gasteiger charge is 2.07. The zero-order valence-corrected chi connectivity index (χ0v) is 12.4. The molecule has 0 amide bonds. The molecule has 2 N–H and O–H groups in total. The van der Waals surface area contributed by atoms with Crippen molar-refractivity contribution in [1.29, 1.82) is 0 Å². The number of anilines is 2. The van der Waals surface area contributed by atoms with Crippen molar-refractivity contribution < 1.29 is 0 Å². The normalized spacial score (nSPS) is 10.7. The van der Waals surface area contributed by atoms with E-state index in [1.807, 2.05) is 13.1 Å². The maximum absolute atomic E-state index is 4.54. The van der Waals surface area contributed by atoms with Crippen molar-refractivity contribution in [3.8, 4) is 0 Å². The second-order valence-electron chi connectivity index (χ2n) is 4.66. The van der Waals surface area contributed by atoms with E-state index in [2.05, 4.69) is 52.0 Å². The molecule has 0 radical (unpaired) electrons. The summed E-state index contributed by atoms with van der Waals surface area (Å²) in [6.45, 7) is 5.09. The highest BCUT2D eigenvalue weighted by atomic mass is 32.1. The Balaban J connectivity index is 2.00. The molecule has 19 heavy (non-hydrogen) atoms. The molecule has 2 aromatic rings. The fraction of sp³-hybridized carbons (Fsp3) is 0.429. The summed E-state index contributed by atoms with van der Waals surface area (Å²) < 4.78 is 0. The molecule has 0 saturated carbocycles. The maximum atomic E-state index is 4.54. The Hall–Kier alpha value is -1.62. The number of hydrogen-bond acceptors (Lipinski definition) is 5. The van der Waals surface area contributed by atoms with Crippen molar-refractivity contribution in [3.05, 3.63) is 34.3 Å². The van der Waals surface area contributed by atoms with Crippen LogP contribution in [0.2, 0.25) is 0 Å². The summed E-state index contributed by atoms with van der Waals surface area (Å²) in [5.74, 6) is 2.94. The van der Waals surface area contributed by atoms with Crippen molar-refractivity contribution in [1.82, 2.24) is 9.97 Å². The first kappa shape index (κ1) is 13.8. The lowest BCUT2D eigenvalue weighted by Gasteiger charge is -2.11. The Bertz CT molecular complexity index is 508. The fourth-order valence-electron chi connectivity index (χ4n) is 1.71. The first-order chi connectivity index (χ1) is 9.19. The summed E-state index contributed by atoms with van der Waals surface area (Å²) in [5, 5.41) is 8.55. The van der Waals surface area contributed by atoms with E-state index in [0.717, 1.165) is 30.4 Å². The lowest BCUT2D eigenvalue weighted by molar-refractivity contribution is 0.775. The quantitative estimate of drug-likeness (QED) is 0.849. The molecule has 2 aromatic heterocycles. The highest BCUT2D eigenvalue weighted by molar-refractivity contribution is 7.09. The van der Waals surface area contributed by atoms with Gasteiger partial charge in [-0.3, -0.25) is 0 Å². The van der Waals surface area contributed by atoms with Crippen LogP contribution in [-0.4, -0.2) is 23.6 Å². The number of nitrogens with one attached hydrogen (secondary N) is 2. The van der Waals surface area contributed by atoms with Crippen LogP contribution in [0.3, 0.4) is 0 Å². The van der Waals surface area contributed by atoms with Crippen LogP contribution in [0, 0.1) is 0 Å². The van der Waals surface area contributed by atoms with Crippen molar-refractivity contribution in [2.45, 2.75) is 26.2 Å². The number of aromatic nitrogens is 2. The van der Waals surface area contributed by atoms with E-state index in [-0.39, 0.29) is 0 Å². The number of nitrogens with zero attached hydrogens (tertiary/aromatic N) is 2. The molecular weight excluding hydrogens is 256 g/mol. The number of thiophene rings is 1. The van der Waals surface area contributed by atoms with Gasteiger partial charge < -0.3 is 10.6 Å². The van der Waals surface area contributed by atoms with Gasteiger partial charge in [-0.1, -0.05) is 19.9 Å². The van der Waals surface area contributed by atoms with Crippen LogP contribution in [0.5, 0.6) is 0 Å². The lowest BCUT2D eigenvalue weighted by Crippen LogP contribution is -2.09. The van der Waals surface area contributed by atoms with E-state index in [1.165, 1.54) is 4.88 Å². The maximum Gasteiger partial charge on any atom is 0.135 e. The third kappa shape index (κ3) is 3.92. The summed E-state index contributed by atoms with van der Waals surface area (Å²) in [6, 6.07) is 6.19. The molecule has 2 heterocycles. The minimum atomic E-state index is 0.325. The second kappa shape index (κ2) is 6.52. The second-order valence-corrected chi connectivity index (χ2v) is 5.69. The summed E-state index contributed by atoms with van der Waals surface area (Å²) >= 11 is 1.79. The third-order valence-electron chi connectivity index (χ3n) is 2.77. The van der Waals surface area contributed by atoms with Crippen LogP contribution < -0.4 is 10.6 Å². The zero-order chi connectivity index (χ0) is 13.7. The van der Waals surface area contributed by atoms with E-state index in [9.17, 15) is 0 Å². The van der Waals surface area contributed by atoms with Gasteiger partial charge in [0.2, 0.25) is 0 Å². The van der Waals surface area contributed by atoms with Crippen LogP contribution >= 0.6 is 11.3 Å². The van der Waals surface area contributed by atoms with Gasteiger partial charge in [-0.05, 0) is 17.9 Å². The van der Waals surface area contributed by atoms with E-state index in [0.29, 0.717) is 5.92 Å². The Morgan fingerprint density at radius 2 is 2.05 bits per heavy atom. The van der Waals surface area contributed by atoms with Crippen LogP contribution in [0.15, 0.2) is 23.6 Å². The molecule has 0 aliphatic carbocycles. The smallest absolute Gasteiger partial charge is 0.135 e. The standard InChI is InChI=1S/C14H20N4S/c1-10(2)14-17-12(15-3)9-13(18-14)16-7-6-11-5-4-8-19-11/h4-5,8-10H,6-7H2,1-3H3,(H2,15,16,17,18). The van der Waals surface area contributed by atoms with Gasteiger partial charge in [-0.15, -0.1) is 11.3 Å². The Labute approximate surface area is 118 Å². The first-order valence-corrected chi connectivity index (χ1v) is 7.40. The number of hydrogen-bond donors (Lipinski definition) is 2. The van der Waals surface area contributed by atoms with Gasteiger partial charge in [0.25, 0.3) is 0 Å². The summed E-state index contributed by atoms with van der Waals surface area (Å²) in [6.07, 6.45) is 1.02.